The highest BCUT2D eigenvalue weighted by Crippen LogP contribution is 2.25. The smallest absolute Gasteiger partial charge is 0.341 e. The van der Waals surface area contributed by atoms with Gasteiger partial charge in [-0.2, -0.15) is 0 Å². The fourth-order valence-electron chi connectivity index (χ4n) is 1.47. The summed E-state index contributed by atoms with van der Waals surface area (Å²) in [7, 11) is 1.30. The summed E-state index contributed by atoms with van der Waals surface area (Å²) < 4.78 is 4.58. The summed E-state index contributed by atoms with van der Waals surface area (Å²) in [5, 5.41) is 9.84. The van der Waals surface area contributed by atoms with Gasteiger partial charge in [-0.25, -0.2) is 4.79 Å². The molecule has 1 N–H and O–H groups in total. The average molecular weight is 208 g/mol. The number of hydrogen-bond acceptors (Lipinski definition) is 3. The third-order valence-electron chi connectivity index (χ3n) is 2.15. The van der Waals surface area contributed by atoms with Gasteiger partial charge in [-0.15, -0.1) is 0 Å². The molecule has 0 spiro atoms. The molecular formula is C12H16O3. The molecule has 0 aliphatic rings. The molecule has 1 rings (SSSR count). The van der Waals surface area contributed by atoms with Crippen molar-refractivity contribution < 1.29 is 14.6 Å². The van der Waals surface area contributed by atoms with Gasteiger partial charge >= 0.3 is 5.97 Å². The van der Waals surface area contributed by atoms with Crippen LogP contribution in [0.15, 0.2) is 18.2 Å². The van der Waals surface area contributed by atoms with Gasteiger partial charge in [0.2, 0.25) is 0 Å². The molecule has 0 atom stereocenters. The van der Waals surface area contributed by atoms with Crippen molar-refractivity contribution in [3.8, 4) is 5.75 Å². The number of hydrogen-bond donors (Lipinski definition) is 1. The van der Waals surface area contributed by atoms with Crippen LogP contribution >= 0.6 is 0 Å². The maximum absolute atomic E-state index is 11.3. The van der Waals surface area contributed by atoms with Crippen molar-refractivity contribution in [3.05, 3.63) is 29.3 Å². The van der Waals surface area contributed by atoms with Crippen molar-refractivity contribution in [2.75, 3.05) is 7.11 Å². The second kappa shape index (κ2) is 4.82. The molecule has 82 valence electrons. The van der Waals surface area contributed by atoms with E-state index in [-0.39, 0.29) is 11.3 Å². The molecule has 0 bridgehead atoms. The number of methoxy groups -OCH3 is 1. The third-order valence-corrected chi connectivity index (χ3v) is 2.15. The highest BCUT2D eigenvalue weighted by atomic mass is 16.5. The molecule has 1 aromatic carbocycles. The Morgan fingerprint density at radius 1 is 1.47 bits per heavy atom. The Kier molecular flexibility index (Phi) is 3.72. The van der Waals surface area contributed by atoms with Crippen molar-refractivity contribution >= 4 is 5.97 Å². The van der Waals surface area contributed by atoms with Gasteiger partial charge in [-0.3, -0.25) is 0 Å². The quantitative estimate of drug-likeness (QED) is 0.776. The van der Waals surface area contributed by atoms with E-state index in [2.05, 4.69) is 18.6 Å². The fraction of sp³-hybridized carbons (Fsp3) is 0.417. The van der Waals surface area contributed by atoms with Crippen LogP contribution in [0.3, 0.4) is 0 Å². The minimum Gasteiger partial charge on any atom is -0.507 e. The maximum Gasteiger partial charge on any atom is 0.341 e. The predicted molar refractivity (Wildman–Crippen MR) is 58.0 cm³/mol. The number of rotatable bonds is 3. The topological polar surface area (TPSA) is 46.5 Å². The second-order valence-electron chi connectivity index (χ2n) is 3.90. The first-order valence-corrected chi connectivity index (χ1v) is 4.95. The lowest BCUT2D eigenvalue weighted by molar-refractivity contribution is 0.0597. The van der Waals surface area contributed by atoms with Gasteiger partial charge < -0.3 is 9.84 Å². The van der Waals surface area contributed by atoms with Gasteiger partial charge in [0.25, 0.3) is 0 Å². The molecule has 0 saturated carbocycles. The number of carbonyl (C=O) groups is 1. The summed E-state index contributed by atoms with van der Waals surface area (Å²) >= 11 is 0. The van der Waals surface area contributed by atoms with E-state index in [1.165, 1.54) is 7.11 Å². The van der Waals surface area contributed by atoms with Crippen LogP contribution in [-0.4, -0.2) is 18.2 Å². The molecule has 0 aliphatic heterocycles. The highest BCUT2D eigenvalue weighted by Gasteiger charge is 2.14. The zero-order chi connectivity index (χ0) is 11.4. The number of phenols is 1. The molecule has 0 unspecified atom stereocenters. The van der Waals surface area contributed by atoms with E-state index < -0.39 is 5.97 Å². The molecule has 3 heteroatoms. The van der Waals surface area contributed by atoms with Gasteiger partial charge in [0.05, 0.1) is 7.11 Å². The van der Waals surface area contributed by atoms with Gasteiger partial charge in [-0.05, 0) is 24.0 Å². The number of ether oxygens (including phenoxy) is 1. The summed E-state index contributed by atoms with van der Waals surface area (Å²) in [5.74, 6) is -0.0278. The number of para-hydroxylation sites is 1. The van der Waals surface area contributed by atoms with Crippen LogP contribution < -0.4 is 0 Å². The average Bonchev–Trinajstić information content (AvgIpc) is 2.19. The lowest BCUT2D eigenvalue weighted by Gasteiger charge is -2.09. The van der Waals surface area contributed by atoms with Gasteiger partial charge in [-0.1, -0.05) is 26.0 Å². The first-order valence-electron chi connectivity index (χ1n) is 4.95. The minimum absolute atomic E-state index is 0.0399. The van der Waals surface area contributed by atoms with E-state index in [4.69, 9.17) is 0 Å². The highest BCUT2D eigenvalue weighted by molar-refractivity contribution is 5.92. The summed E-state index contributed by atoms with van der Waals surface area (Å²) in [4.78, 5) is 11.3. The van der Waals surface area contributed by atoms with E-state index in [9.17, 15) is 9.90 Å². The van der Waals surface area contributed by atoms with E-state index in [0.717, 1.165) is 12.0 Å². The summed E-state index contributed by atoms with van der Waals surface area (Å²) in [6.07, 6.45) is 0.747. The molecule has 3 nitrogen and oxygen atoms in total. The van der Waals surface area contributed by atoms with Crippen molar-refractivity contribution in [1.82, 2.24) is 0 Å². The van der Waals surface area contributed by atoms with E-state index in [1.54, 1.807) is 12.1 Å². The maximum atomic E-state index is 11.3. The molecule has 15 heavy (non-hydrogen) atoms. The van der Waals surface area contributed by atoms with Crippen LogP contribution in [0.1, 0.15) is 29.8 Å². The van der Waals surface area contributed by atoms with Crippen molar-refractivity contribution in [2.24, 2.45) is 5.92 Å². The number of benzene rings is 1. The molecule has 1 aromatic rings. The monoisotopic (exact) mass is 208 g/mol. The van der Waals surface area contributed by atoms with Gasteiger partial charge in [0, 0.05) is 0 Å². The van der Waals surface area contributed by atoms with Crippen LogP contribution in [0.4, 0.5) is 0 Å². The molecule has 0 heterocycles. The van der Waals surface area contributed by atoms with Crippen molar-refractivity contribution in [2.45, 2.75) is 20.3 Å². The molecular weight excluding hydrogens is 192 g/mol. The van der Waals surface area contributed by atoms with Crippen LogP contribution in [-0.2, 0) is 11.2 Å². The Bertz CT molecular complexity index is 356. The number of aromatic hydroxyl groups is 1. The molecule has 0 aromatic heterocycles. The summed E-state index contributed by atoms with van der Waals surface area (Å²) in [6, 6.07) is 5.14. The number of phenolic OH excluding ortho intramolecular Hbond substituents is 1. The van der Waals surface area contributed by atoms with E-state index >= 15 is 0 Å². The largest absolute Gasteiger partial charge is 0.507 e. The Balaban J connectivity index is 3.05. The lowest BCUT2D eigenvalue weighted by Crippen LogP contribution is -2.04. The first-order chi connectivity index (χ1) is 7.06. The Morgan fingerprint density at radius 3 is 2.67 bits per heavy atom. The van der Waals surface area contributed by atoms with Crippen LogP contribution in [0.5, 0.6) is 5.75 Å². The normalized spacial score (nSPS) is 10.4. The van der Waals surface area contributed by atoms with E-state index in [0.29, 0.717) is 5.92 Å². The molecule has 0 radical (unpaired) electrons. The minimum atomic E-state index is -0.502. The Hall–Kier alpha value is -1.51. The Labute approximate surface area is 89.7 Å². The van der Waals surface area contributed by atoms with E-state index in [1.807, 2.05) is 6.07 Å². The van der Waals surface area contributed by atoms with Crippen LogP contribution in [0, 0.1) is 5.92 Å². The zero-order valence-electron chi connectivity index (χ0n) is 9.28. The molecule has 0 aliphatic carbocycles. The molecule has 0 amide bonds. The molecule has 0 fully saturated rings. The number of carbonyl (C=O) groups excluding carboxylic acids is 1. The van der Waals surface area contributed by atoms with Crippen molar-refractivity contribution in [1.29, 1.82) is 0 Å². The summed E-state index contributed by atoms with van der Waals surface area (Å²) in [6.45, 7) is 4.12. The third kappa shape index (κ3) is 2.72. The van der Waals surface area contributed by atoms with Crippen LogP contribution in [0.2, 0.25) is 0 Å². The van der Waals surface area contributed by atoms with Crippen molar-refractivity contribution in [3.63, 3.8) is 0 Å². The van der Waals surface area contributed by atoms with Crippen LogP contribution in [0.25, 0.3) is 0 Å². The Morgan fingerprint density at radius 2 is 2.13 bits per heavy atom. The number of esters is 1. The SMILES string of the molecule is COC(=O)c1cccc(CC(C)C)c1O. The first kappa shape index (κ1) is 11.6. The standard InChI is InChI=1S/C12H16O3/c1-8(2)7-9-5-4-6-10(11(9)13)12(14)15-3/h4-6,8,13H,7H2,1-3H3. The summed E-state index contributed by atoms with van der Waals surface area (Å²) in [5.41, 5.74) is 1.02. The lowest BCUT2D eigenvalue weighted by atomic mass is 9.99. The fourth-order valence-corrected chi connectivity index (χ4v) is 1.47. The predicted octanol–water partition coefficient (Wildman–Crippen LogP) is 2.38. The second-order valence-corrected chi connectivity index (χ2v) is 3.90. The van der Waals surface area contributed by atoms with Gasteiger partial charge in [0.1, 0.15) is 11.3 Å². The van der Waals surface area contributed by atoms with Gasteiger partial charge in [0.15, 0.2) is 0 Å². The zero-order valence-corrected chi connectivity index (χ0v) is 9.28. The molecule has 0 saturated heterocycles.